The van der Waals surface area contributed by atoms with Gasteiger partial charge in [-0.25, -0.2) is 4.79 Å². The molecule has 3 aliphatic rings. The summed E-state index contributed by atoms with van der Waals surface area (Å²) in [4.78, 5) is 62.3. The van der Waals surface area contributed by atoms with E-state index in [4.69, 9.17) is 9.47 Å². The Labute approximate surface area is 191 Å². The Bertz CT molecular complexity index is 984. The first-order chi connectivity index (χ1) is 15.7. The van der Waals surface area contributed by atoms with Gasteiger partial charge in [-0.05, 0) is 48.4 Å². The highest BCUT2D eigenvalue weighted by Crippen LogP contribution is 2.52. The quantitative estimate of drug-likeness (QED) is 0.361. The van der Waals surface area contributed by atoms with Crippen molar-refractivity contribution in [1.82, 2.24) is 4.90 Å². The summed E-state index contributed by atoms with van der Waals surface area (Å²) in [6.07, 6.45) is 4.76. The first-order valence-corrected chi connectivity index (χ1v) is 11.0. The van der Waals surface area contributed by atoms with Crippen LogP contribution >= 0.6 is 0 Å². The molecule has 1 aromatic carbocycles. The number of rotatable bonds is 8. The number of anilines is 1. The normalized spacial score (nSPS) is 24.9. The largest absolute Gasteiger partial charge is 0.462 e. The van der Waals surface area contributed by atoms with Gasteiger partial charge in [0.1, 0.15) is 6.54 Å². The molecule has 3 amide bonds. The second-order valence-corrected chi connectivity index (χ2v) is 9.04. The van der Waals surface area contributed by atoms with E-state index in [1.165, 1.54) is 24.3 Å². The standard InChI is InChI=1S/C24H26N2O7/c1-13(2)11-33-24(31)14-5-7-17(8-6-14)25-18(27)12-32-19(28)10-26-22(29)20-15-3-4-16(9-15)21(20)23(26)30/h3-8,13,15-16,20-21H,9-12H2,1-2H3,(H,25,27)/t15-,16-,20-,21-/m0/s1. The van der Waals surface area contributed by atoms with Gasteiger partial charge >= 0.3 is 11.9 Å². The molecule has 4 atom stereocenters. The summed E-state index contributed by atoms with van der Waals surface area (Å²) in [5.41, 5.74) is 0.769. The van der Waals surface area contributed by atoms with Gasteiger partial charge < -0.3 is 14.8 Å². The summed E-state index contributed by atoms with van der Waals surface area (Å²) in [5, 5.41) is 2.55. The molecular weight excluding hydrogens is 428 g/mol. The Kier molecular flexibility index (Phi) is 6.31. The lowest BCUT2D eigenvalue weighted by Gasteiger charge is -2.16. The third-order valence-corrected chi connectivity index (χ3v) is 6.17. The number of fused-ring (bicyclic) bond motifs is 5. The average Bonchev–Trinajstić information content (AvgIpc) is 3.47. The molecule has 0 spiro atoms. The third kappa shape index (κ3) is 4.67. The van der Waals surface area contributed by atoms with Crippen LogP contribution in [0.2, 0.25) is 0 Å². The van der Waals surface area contributed by atoms with Crippen LogP contribution in [0.15, 0.2) is 36.4 Å². The highest BCUT2D eigenvalue weighted by molar-refractivity contribution is 6.08. The average molecular weight is 454 g/mol. The van der Waals surface area contributed by atoms with Gasteiger partial charge in [0.05, 0.1) is 24.0 Å². The lowest BCUT2D eigenvalue weighted by molar-refractivity contribution is -0.154. The Morgan fingerprint density at radius 1 is 1.00 bits per heavy atom. The maximum atomic E-state index is 12.6. The number of nitrogens with one attached hydrogen (secondary N) is 1. The SMILES string of the molecule is CC(C)COC(=O)c1ccc(NC(=O)COC(=O)CN2C(=O)[C@@H]3[C@@H](C2=O)[C@H]2C=C[C@H]3C2)cc1. The van der Waals surface area contributed by atoms with Crippen molar-refractivity contribution in [3.63, 3.8) is 0 Å². The van der Waals surface area contributed by atoms with E-state index in [9.17, 15) is 24.0 Å². The van der Waals surface area contributed by atoms with Crippen molar-refractivity contribution in [1.29, 1.82) is 0 Å². The summed E-state index contributed by atoms with van der Waals surface area (Å²) in [6.45, 7) is 3.13. The molecule has 1 N–H and O–H groups in total. The molecule has 9 heteroatoms. The van der Waals surface area contributed by atoms with Crippen LogP contribution in [0.5, 0.6) is 0 Å². The van der Waals surface area contributed by atoms with Crippen molar-refractivity contribution < 1.29 is 33.4 Å². The van der Waals surface area contributed by atoms with Crippen LogP contribution in [-0.4, -0.2) is 54.3 Å². The molecule has 1 aromatic rings. The van der Waals surface area contributed by atoms with Crippen molar-refractivity contribution in [2.45, 2.75) is 20.3 Å². The Morgan fingerprint density at radius 3 is 2.18 bits per heavy atom. The molecule has 0 radical (unpaired) electrons. The van der Waals surface area contributed by atoms with Crippen LogP contribution in [0.4, 0.5) is 5.69 Å². The van der Waals surface area contributed by atoms with Crippen molar-refractivity contribution in [2.24, 2.45) is 29.6 Å². The molecule has 2 aliphatic carbocycles. The summed E-state index contributed by atoms with van der Waals surface area (Å²) >= 11 is 0. The minimum absolute atomic E-state index is 0.0618. The molecule has 1 saturated carbocycles. The molecule has 1 saturated heterocycles. The van der Waals surface area contributed by atoms with Crippen LogP contribution < -0.4 is 5.32 Å². The minimum Gasteiger partial charge on any atom is -0.462 e. The van der Waals surface area contributed by atoms with E-state index < -0.39 is 31.0 Å². The number of imide groups is 1. The molecule has 1 aliphatic heterocycles. The lowest BCUT2D eigenvalue weighted by atomic mass is 9.85. The van der Waals surface area contributed by atoms with Gasteiger partial charge in [0, 0.05) is 5.69 Å². The van der Waals surface area contributed by atoms with Crippen LogP contribution in [0.25, 0.3) is 0 Å². The fraction of sp³-hybridized carbons (Fsp3) is 0.458. The number of carbonyl (C=O) groups is 5. The number of amides is 3. The molecule has 2 fully saturated rings. The first-order valence-electron chi connectivity index (χ1n) is 11.0. The van der Waals surface area contributed by atoms with Crippen molar-refractivity contribution in [3.05, 3.63) is 42.0 Å². The highest BCUT2D eigenvalue weighted by atomic mass is 16.5. The topological polar surface area (TPSA) is 119 Å². The van der Waals surface area contributed by atoms with Crippen LogP contribution in [-0.2, 0) is 28.7 Å². The summed E-state index contributed by atoms with van der Waals surface area (Å²) in [5.74, 6) is -2.95. The number of benzene rings is 1. The fourth-order valence-electron chi connectivity index (χ4n) is 4.65. The Balaban J connectivity index is 1.22. The van der Waals surface area contributed by atoms with E-state index in [-0.39, 0.29) is 41.4 Å². The number of esters is 2. The van der Waals surface area contributed by atoms with E-state index in [1.54, 1.807) is 0 Å². The maximum Gasteiger partial charge on any atom is 0.338 e. The van der Waals surface area contributed by atoms with Crippen LogP contribution in [0.3, 0.4) is 0 Å². The number of nitrogens with zero attached hydrogens (tertiary/aromatic N) is 1. The molecule has 33 heavy (non-hydrogen) atoms. The van der Waals surface area contributed by atoms with E-state index in [0.717, 1.165) is 11.3 Å². The number of ether oxygens (including phenoxy) is 2. The predicted octanol–water partition coefficient (Wildman–Crippen LogP) is 1.79. The first kappa shape index (κ1) is 22.7. The van der Waals surface area contributed by atoms with E-state index >= 15 is 0 Å². The van der Waals surface area contributed by atoms with Crippen molar-refractivity contribution in [2.75, 3.05) is 25.1 Å². The number of allylic oxidation sites excluding steroid dienone is 2. The Morgan fingerprint density at radius 2 is 1.61 bits per heavy atom. The summed E-state index contributed by atoms with van der Waals surface area (Å²) < 4.78 is 10.1. The van der Waals surface area contributed by atoms with Gasteiger partial charge in [0.25, 0.3) is 5.91 Å². The zero-order chi connectivity index (χ0) is 23.7. The number of hydrogen-bond donors (Lipinski definition) is 1. The fourth-order valence-corrected chi connectivity index (χ4v) is 4.65. The van der Waals surface area contributed by atoms with E-state index in [1.807, 2.05) is 26.0 Å². The summed E-state index contributed by atoms with van der Waals surface area (Å²) in [6, 6.07) is 6.12. The van der Waals surface area contributed by atoms with Gasteiger partial charge in [0.15, 0.2) is 6.61 Å². The smallest absolute Gasteiger partial charge is 0.338 e. The van der Waals surface area contributed by atoms with Crippen molar-refractivity contribution in [3.8, 4) is 0 Å². The molecular formula is C24H26N2O7. The molecule has 9 nitrogen and oxygen atoms in total. The molecule has 4 rings (SSSR count). The molecule has 0 aromatic heterocycles. The van der Waals surface area contributed by atoms with Gasteiger partial charge in [-0.2, -0.15) is 0 Å². The number of hydrogen-bond acceptors (Lipinski definition) is 7. The monoisotopic (exact) mass is 454 g/mol. The number of carbonyl (C=O) groups excluding carboxylic acids is 5. The lowest BCUT2D eigenvalue weighted by Crippen LogP contribution is -2.38. The second kappa shape index (κ2) is 9.17. The van der Waals surface area contributed by atoms with Crippen molar-refractivity contribution >= 4 is 35.3 Å². The third-order valence-electron chi connectivity index (χ3n) is 6.17. The molecule has 174 valence electrons. The summed E-state index contributed by atoms with van der Waals surface area (Å²) in [7, 11) is 0. The highest BCUT2D eigenvalue weighted by Gasteiger charge is 2.59. The molecule has 1 heterocycles. The van der Waals surface area contributed by atoms with Gasteiger partial charge in [-0.15, -0.1) is 0 Å². The molecule has 2 bridgehead atoms. The zero-order valence-electron chi connectivity index (χ0n) is 18.5. The minimum atomic E-state index is -0.824. The second-order valence-electron chi connectivity index (χ2n) is 9.04. The number of likely N-dealkylation sites (tertiary alicyclic amines) is 1. The maximum absolute atomic E-state index is 12.6. The van der Waals surface area contributed by atoms with Gasteiger partial charge in [-0.1, -0.05) is 26.0 Å². The van der Waals surface area contributed by atoms with Crippen LogP contribution in [0, 0.1) is 29.6 Å². The van der Waals surface area contributed by atoms with Gasteiger partial charge in [0.2, 0.25) is 11.8 Å². The molecule has 0 unspecified atom stereocenters. The zero-order valence-corrected chi connectivity index (χ0v) is 18.5. The predicted molar refractivity (Wildman–Crippen MR) is 116 cm³/mol. The van der Waals surface area contributed by atoms with E-state index in [0.29, 0.717) is 17.9 Å². The van der Waals surface area contributed by atoms with Gasteiger partial charge in [-0.3, -0.25) is 24.1 Å². The van der Waals surface area contributed by atoms with Crippen LogP contribution in [0.1, 0.15) is 30.6 Å². The Hall–Kier alpha value is -3.49. The van der Waals surface area contributed by atoms with E-state index in [2.05, 4.69) is 5.32 Å².